The number of hydrogen-bond acceptors (Lipinski definition) is 3. The van der Waals surface area contributed by atoms with Crippen molar-refractivity contribution in [2.24, 2.45) is 10.9 Å². The standard InChI is InChI=1S/C11H11ClN4O/c1-7-4-5-16(14-7)10-3-2-8(6-9(10)12)11(13)15-17/h2-6,17H,1H3,(H2,13,15). The van der Waals surface area contributed by atoms with Crippen LogP contribution >= 0.6 is 11.6 Å². The third-order valence-corrected chi connectivity index (χ3v) is 2.62. The van der Waals surface area contributed by atoms with Gasteiger partial charge in [-0.1, -0.05) is 16.8 Å². The van der Waals surface area contributed by atoms with E-state index >= 15 is 0 Å². The van der Waals surface area contributed by atoms with Gasteiger partial charge in [-0.05, 0) is 31.2 Å². The van der Waals surface area contributed by atoms with Gasteiger partial charge in [-0.3, -0.25) is 0 Å². The third-order valence-electron chi connectivity index (χ3n) is 2.32. The van der Waals surface area contributed by atoms with Crippen molar-refractivity contribution >= 4 is 17.4 Å². The number of halogens is 1. The average Bonchev–Trinajstić information content (AvgIpc) is 2.74. The molecule has 2 aromatic rings. The smallest absolute Gasteiger partial charge is 0.170 e. The summed E-state index contributed by atoms with van der Waals surface area (Å²) in [5, 5.41) is 16.2. The lowest BCUT2D eigenvalue weighted by Crippen LogP contribution is -2.13. The summed E-state index contributed by atoms with van der Waals surface area (Å²) in [6.07, 6.45) is 1.82. The average molecular weight is 251 g/mol. The zero-order valence-corrected chi connectivity index (χ0v) is 9.89. The summed E-state index contributed by atoms with van der Waals surface area (Å²) >= 11 is 6.12. The monoisotopic (exact) mass is 250 g/mol. The van der Waals surface area contributed by atoms with Crippen LogP contribution in [0.3, 0.4) is 0 Å². The Hall–Kier alpha value is -2.01. The summed E-state index contributed by atoms with van der Waals surface area (Å²) < 4.78 is 1.67. The van der Waals surface area contributed by atoms with E-state index in [4.69, 9.17) is 22.5 Å². The SMILES string of the molecule is Cc1ccn(-c2ccc(C(N)=NO)cc2Cl)n1. The summed E-state index contributed by atoms with van der Waals surface area (Å²) in [6, 6.07) is 6.99. The fourth-order valence-electron chi connectivity index (χ4n) is 1.46. The molecule has 0 amide bonds. The molecule has 0 aliphatic heterocycles. The largest absolute Gasteiger partial charge is 0.409 e. The maximum atomic E-state index is 8.57. The molecule has 0 radical (unpaired) electrons. The first-order chi connectivity index (χ1) is 8.11. The Bertz CT molecular complexity index is 577. The van der Waals surface area contributed by atoms with Crippen molar-refractivity contribution < 1.29 is 5.21 Å². The number of aromatic nitrogens is 2. The molecule has 5 nitrogen and oxygen atoms in total. The van der Waals surface area contributed by atoms with E-state index in [-0.39, 0.29) is 5.84 Å². The summed E-state index contributed by atoms with van der Waals surface area (Å²) in [5.74, 6) is 0.0232. The van der Waals surface area contributed by atoms with Crippen molar-refractivity contribution in [3.8, 4) is 5.69 Å². The van der Waals surface area contributed by atoms with Gasteiger partial charge in [0.1, 0.15) is 0 Å². The van der Waals surface area contributed by atoms with Crippen molar-refractivity contribution in [3.05, 3.63) is 46.7 Å². The van der Waals surface area contributed by atoms with Crippen molar-refractivity contribution in [1.29, 1.82) is 0 Å². The fraction of sp³-hybridized carbons (Fsp3) is 0.0909. The van der Waals surface area contributed by atoms with Crippen LogP contribution < -0.4 is 5.73 Å². The van der Waals surface area contributed by atoms with E-state index in [1.165, 1.54) is 0 Å². The fourth-order valence-corrected chi connectivity index (χ4v) is 1.73. The Kier molecular flexibility index (Phi) is 3.01. The molecule has 0 atom stereocenters. The minimum Gasteiger partial charge on any atom is -0.409 e. The van der Waals surface area contributed by atoms with Crippen LogP contribution in [0.2, 0.25) is 5.02 Å². The molecule has 0 spiro atoms. The highest BCUT2D eigenvalue weighted by molar-refractivity contribution is 6.32. The van der Waals surface area contributed by atoms with E-state index < -0.39 is 0 Å². The summed E-state index contributed by atoms with van der Waals surface area (Å²) in [6.45, 7) is 1.90. The number of amidine groups is 1. The van der Waals surface area contributed by atoms with Crippen molar-refractivity contribution in [1.82, 2.24) is 9.78 Å². The molecule has 0 aliphatic carbocycles. The first-order valence-corrected chi connectivity index (χ1v) is 5.29. The van der Waals surface area contributed by atoms with E-state index in [0.29, 0.717) is 10.6 Å². The minimum atomic E-state index is 0.0232. The number of hydrogen-bond donors (Lipinski definition) is 2. The second-order valence-electron chi connectivity index (χ2n) is 3.55. The van der Waals surface area contributed by atoms with Crippen molar-refractivity contribution in [2.75, 3.05) is 0 Å². The van der Waals surface area contributed by atoms with Gasteiger partial charge in [-0.2, -0.15) is 5.10 Å². The van der Waals surface area contributed by atoms with Gasteiger partial charge < -0.3 is 10.9 Å². The van der Waals surface area contributed by atoms with Crippen molar-refractivity contribution in [3.63, 3.8) is 0 Å². The zero-order valence-electron chi connectivity index (χ0n) is 9.13. The Morgan fingerprint density at radius 2 is 2.24 bits per heavy atom. The quantitative estimate of drug-likeness (QED) is 0.370. The van der Waals surface area contributed by atoms with Crippen LogP contribution in [0.15, 0.2) is 35.6 Å². The molecule has 0 unspecified atom stereocenters. The van der Waals surface area contributed by atoms with E-state index in [1.807, 2.05) is 19.2 Å². The summed E-state index contributed by atoms with van der Waals surface area (Å²) in [4.78, 5) is 0. The lowest BCUT2D eigenvalue weighted by molar-refractivity contribution is 0.318. The predicted octanol–water partition coefficient (Wildman–Crippen LogP) is 1.93. The van der Waals surface area contributed by atoms with Gasteiger partial charge >= 0.3 is 0 Å². The van der Waals surface area contributed by atoms with E-state index in [9.17, 15) is 0 Å². The number of aryl methyl sites for hydroxylation is 1. The Labute approximate surface area is 103 Å². The van der Waals surface area contributed by atoms with Gasteiger partial charge in [0, 0.05) is 11.8 Å². The predicted molar refractivity (Wildman–Crippen MR) is 65.8 cm³/mol. The highest BCUT2D eigenvalue weighted by Crippen LogP contribution is 2.21. The normalized spacial score (nSPS) is 11.8. The molecule has 0 fully saturated rings. The Morgan fingerprint density at radius 1 is 1.47 bits per heavy atom. The minimum absolute atomic E-state index is 0.0232. The van der Waals surface area contributed by atoms with Crippen LogP contribution in [0, 0.1) is 6.92 Å². The second kappa shape index (κ2) is 4.47. The first-order valence-electron chi connectivity index (χ1n) is 4.92. The number of nitrogens with zero attached hydrogens (tertiary/aromatic N) is 3. The molecule has 88 valence electrons. The Morgan fingerprint density at radius 3 is 2.76 bits per heavy atom. The molecule has 0 aliphatic rings. The third kappa shape index (κ3) is 2.24. The maximum absolute atomic E-state index is 8.57. The van der Waals surface area contributed by atoms with E-state index in [2.05, 4.69) is 10.3 Å². The molecular formula is C11H11ClN4O. The first kappa shape index (κ1) is 11.5. The van der Waals surface area contributed by atoms with Crippen molar-refractivity contribution in [2.45, 2.75) is 6.92 Å². The van der Waals surface area contributed by atoms with E-state index in [0.717, 1.165) is 11.4 Å². The number of nitrogens with two attached hydrogens (primary N) is 1. The summed E-state index contributed by atoms with van der Waals surface area (Å²) in [7, 11) is 0. The van der Waals surface area contributed by atoms with Gasteiger partial charge in [-0.25, -0.2) is 4.68 Å². The molecule has 1 heterocycles. The molecule has 17 heavy (non-hydrogen) atoms. The van der Waals surface area contributed by atoms with Gasteiger partial charge in [0.25, 0.3) is 0 Å². The van der Waals surface area contributed by atoms with Crippen LogP contribution in [-0.4, -0.2) is 20.8 Å². The topological polar surface area (TPSA) is 76.4 Å². The molecule has 6 heteroatoms. The number of rotatable bonds is 2. The molecule has 0 bridgehead atoms. The van der Waals surface area contributed by atoms with Crippen LogP contribution in [0.5, 0.6) is 0 Å². The zero-order chi connectivity index (χ0) is 12.4. The Balaban J connectivity index is 2.45. The molecule has 3 N–H and O–H groups in total. The lowest BCUT2D eigenvalue weighted by Gasteiger charge is -2.06. The molecule has 1 aromatic heterocycles. The van der Waals surface area contributed by atoms with Gasteiger partial charge in [0.05, 0.1) is 16.4 Å². The summed E-state index contributed by atoms with van der Waals surface area (Å²) in [5.41, 5.74) is 7.68. The molecule has 1 aromatic carbocycles. The second-order valence-corrected chi connectivity index (χ2v) is 3.96. The number of oxime groups is 1. The van der Waals surface area contributed by atoms with Gasteiger partial charge in [0.15, 0.2) is 5.84 Å². The molecule has 0 saturated carbocycles. The van der Waals surface area contributed by atoms with Crippen LogP contribution in [-0.2, 0) is 0 Å². The highest BCUT2D eigenvalue weighted by atomic mass is 35.5. The lowest BCUT2D eigenvalue weighted by atomic mass is 10.2. The van der Waals surface area contributed by atoms with Crippen LogP contribution in [0.1, 0.15) is 11.3 Å². The highest BCUT2D eigenvalue weighted by Gasteiger charge is 2.07. The van der Waals surface area contributed by atoms with E-state index in [1.54, 1.807) is 22.9 Å². The van der Waals surface area contributed by atoms with Crippen LogP contribution in [0.25, 0.3) is 5.69 Å². The van der Waals surface area contributed by atoms with Gasteiger partial charge in [0.2, 0.25) is 0 Å². The van der Waals surface area contributed by atoms with Gasteiger partial charge in [-0.15, -0.1) is 0 Å². The molecular weight excluding hydrogens is 240 g/mol. The molecule has 2 rings (SSSR count). The maximum Gasteiger partial charge on any atom is 0.170 e. The molecule has 0 saturated heterocycles. The van der Waals surface area contributed by atoms with Crippen LogP contribution in [0.4, 0.5) is 0 Å². The number of benzene rings is 1.